The number of ketones is 1. The summed E-state index contributed by atoms with van der Waals surface area (Å²) in [4.78, 5) is 27.2. The van der Waals surface area contributed by atoms with Gasteiger partial charge in [-0.3, -0.25) is 14.5 Å². The molecule has 134 valence electrons. The summed E-state index contributed by atoms with van der Waals surface area (Å²) in [6, 6.07) is 7.42. The molecule has 1 aromatic carbocycles. The van der Waals surface area contributed by atoms with Gasteiger partial charge in [0.15, 0.2) is 5.78 Å². The van der Waals surface area contributed by atoms with Crippen molar-refractivity contribution in [3.05, 3.63) is 42.0 Å². The van der Waals surface area contributed by atoms with E-state index in [9.17, 15) is 9.59 Å². The molecule has 25 heavy (non-hydrogen) atoms. The van der Waals surface area contributed by atoms with Gasteiger partial charge >= 0.3 is 5.97 Å². The molecule has 1 aromatic rings. The number of nitrogens with zero attached hydrogens (tertiary/aromatic N) is 1. The van der Waals surface area contributed by atoms with Crippen LogP contribution in [-0.4, -0.2) is 41.4 Å². The van der Waals surface area contributed by atoms with Crippen LogP contribution in [0.3, 0.4) is 0 Å². The van der Waals surface area contributed by atoms with Crippen LogP contribution in [0.1, 0.15) is 32.8 Å². The highest BCUT2D eigenvalue weighted by Gasteiger charge is 2.50. The SMILES string of the molecule is COc1cccc(CN2[C@H]3C=CC(=O)[C@H]2[C@@H](C(=O)OC(C)(C)C)C3)c1. The third-order valence-electron chi connectivity index (χ3n) is 4.64. The summed E-state index contributed by atoms with van der Waals surface area (Å²) in [5.41, 5.74) is 0.504. The lowest BCUT2D eigenvalue weighted by Crippen LogP contribution is -2.46. The first-order chi connectivity index (χ1) is 11.8. The second-order valence-electron chi connectivity index (χ2n) is 7.67. The first-order valence-electron chi connectivity index (χ1n) is 8.62. The van der Waals surface area contributed by atoms with Gasteiger partial charge in [-0.05, 0) is 51.0 Å². The lowest BCUT2D eigenvalue weighted by atomic mass is 9.97. The zero-order chi connectivity index (χ0) is 18.2. The Morgan fingerprint density at radius 3 is 2.76 bits per heavy atom. The van der Waals surface area contributed by atoms with Gasteiger partial charge in [-0.1, -0.05) is 18.2 Å². The topological polar surface area (TPSA) is 55.8 Å². The molecule has 2 bridgehead atoms. The first-order valence-corrected chi connectivity index (χ1v) is 8.62. The van der Waals surface area contributed by atoms with E-state index in [2.05, 4.69) is 4.90 Å². The average molecular weight is 343 g/mol. The van der Waals surface area contributed by atoms with Gasteiger partial charge in [0, 0.05) is 12.6 Å². The standard InChI is InChI=1S/C20H25NO4/c1-20(2,3)25-19(23)16-11-14-8-9-17(22)18(16)21(14)12-13-6-5-7-15(10-13)24-4/h5-10,14,16,18H,11-12H2,1-4H3/t14-,16-,18+/m0/s1. The predicted molar refractivity (Wildman–Crippen MR) is 94.2 cm³/mol. The number of fused-ring (bicyclic) bond motifs is 2. The molecule has 0 saturated carbocycles. The maximum Gasteiger partial charge on any atom is 0.311 e. The maximum atomic E-state index is 12.6. The maximum absolute atomic E-state index is 12.6. The fourth-order valence-electron chi connectivity index (χ4n) is 3.62. The molecule has 0 aliphatic carbocycles. The van der Waals surface area contributed by atoms with Crippen molar-refractivity contribution in [3.8, 4) is 5.75 Å². The van der Waals surface area contributed by atoms with E-state index in [0.717, 1.165) is 11.3 Å². The Morgan fingerprint density at radius 1 is 1.32 bits per heavy atom. The van der Waals surface area contributed by atoms with Gasteiger partial charge in [0.05, 0.1) is 19.1 Å². The van der Waals surface area contributed by atoms with Gasteiger partial charge in [0.1, 0.15) is 11.4 Å². The summed E-state index contributed by atoms with van der Waals surface area (Å²) >= 11 is 0. The normalized spacial score (nSPS) is 25.9. The fraction of sp³-hybridized carbons (Fsp3) is 0.500. The number of hydrogen-bond donors (Lipinski definition) is 0. The predicted octanol–water partition coefficient (Wildman–Crippen LogP) is 2.73. The van der Waals surface area contributed by atoms with Crippen molar-refractivity contribution in [1.82, 2.24) is 4.90 Å². The molecular formula is C20H25NO4. The monoisotopic (exact) mass is 343 g/mol. The minimum absolute atomic E-state index is 0.0208. The number of hydrogen-bond acceptors (Lipinski definition) is 5. The van der Waals surface area contributed by atoms with Crippen LogP contribution in [0.5, 0.6) is 5.75 Å². The Morgan fingerprint density at radius 2 is 2.08 bits per heavy atom. The van der Waals surface area contributed by atoms with Gasteiger partial charge in [-0.2, -0.15) is 0 Å². The molecule has 2 aliphatic heterocycles. The summed E-state index contributed by atoms with van der Waals surface area (Å²) in [6.07, 6.45) is 4.14. The quantitative estimate of drug-likeness (QED) is 0.787. The van der Waals surface area contributed by atoms with Crippen LogP contribution >= 0.6 is 0 Å². The molecule has 0 spiro atoms. The molecule has 3 atom stereocenters. The smallest absolute Gasteiger partial charge is 0.311 e. The van der Waals surface area contributed by atoms with Crippen molar-refractivity contribution >= 4 is 11.8 Å². The average Bonchev–Trinajstić information content (AvgIpc) is 2.79. The van der Waals surface area contributed by atoms with Gasteiger partial charge in [0.25, 0.3) is 0 Å². The highest BCUT2D eigenvalue weighted by atomic mass is 16.6. The van der Waals surface area contributed by atoms with Crippen molar-refractivity contribution in [3.63, 3.8) is 0 Å². The number of esters is 1. The third kappa shape index (κ3) is 3.76. The van der Waals surface area contributed by atoms with Crippen molar-refractivity contribution in [1.29, 1.82) is 0 Å². The number of carbonyl (C=O) groups is 2. The Kier molecular flexibility index (Phi) is 4.69. The Hall–Kier alpha value is -2.14. The van der Waals surface area contributed by atoms with Crippen molar-refractivity contribution in [2.45, 2.75) is 51.4 Å². The van der Waals surface area contributed by atoms with E-state index < -0.39 is 17.6 Å². The van der Waals surface area contributed by atoms with Crippen LogP contribution in [0.2, 0.25) is 0 Å². The Balaban J connectivity index is 1.81. The molecule has 1 fully saturated rings. The molecule has 5 nitrogen and oxygen atoms in total. The minimum Gasteiger partial charge on any atom is -0.497 e. The van der Waals surface area contributed by atoms with Crippen molar-refractivity contribution in [2.75, 3.05) is 7.11 Å². The van der Waals surface area contributed by atoms with Gasteiger partial charge in [-0.15, -0.1) is 0 Å². The summed E-state index contributed by atoms with van der Waals surface area (Å²) < 4.78 is 10.8. The van der Waals surface area contributed by atoms with E-state index in [1.165, 1.54) is 0 Å². The lowest BCUT2D eigenvalue weighted by molar-refractivity contribution is -0.161. The molecule has 2 heterocycles. The zero-order valence-electron chi connectivity index (χ0n) is 15.2. The van der Waals surface area contributed by atoms with Crippen LogP contribution < -0.4 is 4.74 Å². The number of rotatable bonds is 4. The van der Waals surface area contributed by atoms with Crippen LogP contribution in [-0.2, 0) is 20.9 Å². The van der Waals surface area contributed by atoms with Gasteiger partial charge in [0.2, 0.25) is 0 Å². The van der Waals surface area contributed by atoms with Gasteiger partial charge < -0.3 is 9.47 Å². The Labute approximate surface area is 148 Å². The molecule has 0 radical (unpaired) electrons. The molecule has 1 saturated heterocycles. The number of methoxy groups -OCH3 is 1. The summed E-state index contributed by atoms with van der Waals surface area (Å²) in [5.74, 6) is 0.0601. The minimum atomic E-state index is -0.554. The molecule has 3 rings (SSSR count). The van der Waals surface area contributed by atoms with E-state index in [4.69, 9.17) is 9.47 Å². The summed E-state index contributed by atoms with van der Waals surface area (Å²) in [7, 11) is 1.63. The summed E-state index contributed by atoms with van der Waals surface area (Å²) in [6.45, 7) is 6.14. The lowest BCUT2D eigenvalue weighted by Gasteiger charge is -2.31. The van der Waals surface area contributed by atoms with Crippen LogP contribution in [0.25, 0.3) is 0 Å². The van der Waals surface area contributed by atoms with Crippen LogP contribution in [0.15, 0.2) is 36.4 Å². The molecule has 2 aliphatic rings. The van der Waals surface area contributed by atoms with Crippen molar-refractivity contribution < 1.29 is 19.1 Å². The molecule has 0 amide bonds. The van der Waals surface area contributed by atoms with E-state index >= 15 is 0 Å². The molecule has 0 aromatic heterocycles. The van der Waals surface area contributed by atoms with E-state index in [0.29, 0.717) is 13.0 Å². The number of ether oxygens (including phenoxy) is 2. The highest BCUT2D eigenvalue weighted by molar-refractivity contribution is 5.99. The van der Waals surface area contributed by atoms with E-state index in [1.807, 2.05) is 51.1 Å². The zero-order valence-corrected chi connectivity index (χ0v) is 15.2. The molecular weight excluding hydrogens is 318 g/mol. The highest BCUT2D eigenvalue weighted by Crippen LogP contribution is 2.37. The van der Waals surface area contributed by atoms with Crippen LogP contribution in [0, 0.1) is 5.92 Å². The van der Waals surface area contributed by atoms with Crippen molar-refractivity contribution in [2.24, 2.45) is 5.92 Å². The largest absolute Gasteiger partial charge is 0.497 e. The van der Waals surface area contributed by atoms with E-state index in [-0.39, 0.29) is 17.8 Å². The third-order valence-corrected chi connectivity index (χ3v) is 4.64. The number of benzene rings is 1. The molecule has 0 unspecified atom stereocenters. The number of carbonyl (C=O) groups excluding carboxylic acids is 2. The second kappa shape index (κ2) is 6.64. The molecule has 5 heteroatoms. The van der Waals surface area contributed by atoms with E-state index in [1.54, 1.807) is 13.2 Å². The fourth-order valence-corrected chi connectivity index (χ4v) is 3.62. The summed E-state index contributed by atoms with van der Waals surface area (Å²) in [5, 5.41) is 0. The Bertz CT molecular complexity index is 704. The second-order valence-corrected chi connectivity index (χ2v) is 7.67. The van der Waals surface area contributed by atoms with Crippen LogP contribution in [0.4, 0.5) is 0 Å². The first kappa shape index (κ1) is 17.7. The molecule has 0 N–H and O–H groups in total. The van der Waals surface area contributed by atoms with Gasteiger partial charge in [-0.25, -0.2) is 0 Å².